The number of aryl methyl sites for hydroxylation is 1. The topological polar surface area (TPSA) is 96.1 Å². The number of hydrogen-bond acceptors (Lipinski definition) is 3. The number of aromatic nitrogens is 1. The van der Waals surface area contributed by atoms with E-state index in [1.54, 1.807) is 18.2 Å². The standard InChI is InChI=1S/C22H14FNO5/c1-11-2-8-15-13(10-11)5-9-16-17(21(26)27)18(22(28)29)19(24(15)16)20(25)12-3-6-14(23)7-4-12/h2-10H,1H3,(H,26,27)(H,28,29). The van der Waals surface area contributed by atoms with E-state index >= 15 is 0 Å². The van der Waals surface area contributed by atoms with E-state index in [0.29, 0.717) is 5.52 Å². The molecule has 0 saturated heterocycles. The highest BCUT2D eigenvalue weighted by molar-refractivity contribution is 6.20. The van der Waals surface area contributed by atoms with E-state index in [1.807, 2.05) is 13.0 Å². The lowest BCUT2D eigenvalue weighted by atomic mass is 10.0. The summed E-state index contributed by atoms with van der Waals surface area (Å²) in [4.78, 5) is 37.2. The molecule has 7 heteroatoms. The van der Waals surface area contributed by atoms with Gasteiger partial charge in [-0.2, -0.15) is 0 Å². The molecule has 0 unspecified atom stereocenters. The Morgan fingerprint density at radius 1 is 0.828 bits per heavy atom. The summed E-state index contributed by atoms with van der Waals surface area (Å²) >= 11 is 0. The number of carbonyl (C=O) groups is 3. The summed E-state index contributed by atoms with van der Waals surface area (Å²) in [5.41, 5.74) is 0.239. The third-order valence-electron chi connectivity index (χ3n) is 4.80. The van der Waals surface area contributed by atoms with Crippen molar-refractivity contribution in [2.45, 2.75) is 6.92 Å². The molecule has 4 aromatic rings. The van der Waals surface area contributed by atoms with Gasteiger partial charge in [-0.3, -0.25) is 4.79 Å². The zero-order chi connectivity index (χ0) is 20.9. The van der Waals surface area contributed by atoms with Crippen molar-refractivity contribution in [1.82, 2.24) is 4.40 Å². The third-order valence-corrected chi connectivity index (χ3v) is 4.80. The van der Waals surface area contributed by atoms with Gasteiger partial charge in [-0.25, -0.2) is 14.0 Å². The van der Waals surface area contributed by atoms with E-state index in [-0.39, 0.29) is 16.8 Å². The van der Waals surface area contributed by atoms with Gasteiger partial charge in [0, 0.05) is 5.56 Å². The van der Waals surface area contributed by atoms with Crippen LogP contribution in [0.4, 0.5) is 4.39 Å². The first kappa shape index (κ1) is 18.4. The van der Waals surface area contributed by atoms with Crippen molar-refractivity contribution < 1.29 is 29.0 Å². The fraction of sp³-hybridized carbons (Fsp3) is 0.0455. The second-order valence-electron chi connectivity index (χ2n) is 6.66. The first-order chi connectivity index (χ1) is 13.8. The molecule has 4 rings (SSSR count). The summed E-state index contributed by atoms with van der Waals surface area (Å²) in [6.07, 6.45) is 0. The van der Waals surface area contributed by atoms with Crippen LogP contribution in [0, 0.1) is 12.7 Å². The van der Waals surface area contributed by atoms with Crippen LogP contribution in [-0.2, 0) is 0 Å². The predicted octanol–water partition coefficient (Wildman–Crippen LogP) is 4.17. The van der Waals surface area contributed by atoms with Gasteiger partial charge in [0.1, 0.15) is 22.6 Å². The predicted molar refractivity (Wildman–Crippen MR) is 103 cm³/mol. The number of aromatic carboxylic acids is 2. The van der Waals surface area contributed by atoms with Gasteiger partial charge in [-0.15, -0.1) is 0 Å². The van der Waals surface area contributed by atoms with E-state index in [0.717, 1.165) is 23.1 Å². The number of carbonyl (C=O) groups excluding carboxylic acids is 1. The summed E-state index contributed by atoms with van der Waals surface area (Å²) < 4.78 is 14.6. The maximum Gasteiger partial charge on any atom is 0.338 e. The molecule has 0 fully saturated rings. The van der Waals surface area contributed by atoms with E-state index in [9.17, 15) is 29.0 Å². The van der Waals surface area contributed by atoms with Gasteiger partial charge in [0.15, 0.2) is 0 Å². The molecule has 0 bridgehead atoms. The van der Waals surface area contributed by atoms with Crippen molar-refractivity contribution in [3.05, 3.63) is 88.4 Å². The second kappa shape index (κ2) is 6.56. The monoisotopic (exact) mass is 391 g/mol. The summed E-state index contributed by atoms with van der Waals surface area (Å²) in [6.45, 7) is 1.88. The van der Waals surface area contributed by atoms with E-state index in [4.69, 9.17) is 0 Å². The normalized spacial score (nSPS) is 11.1. The van der Waals surface area contributed by atoms with Crippen LogP contribution >= 0.6 is 0 Å². The Morgan fingerprint density at radius 2 is 1.45 bits per heavy atom. The second-order valence-corrected chi connectivity index (χ2v) is 6.66. The molecule has 0 spiro atoms. The Balaban J connectivity index is 2.19. The minimum Gasteiger partial charge on any atom is -0.478 e. The van der Waals surface area contributed by atoms with E-state index < -0.39 is 34.7 Å². The van der Waals surface area contributed by atoms with Gasteiger partial charge in [0.05, 0.1) is 11.0 Å². The molecule has 6 nitrogen and oxygen atoms in total. The van der Waals surface area contributed by atoms with Gasteiger partial charge in [-0.05, 0) is 54.8 Å². The van der Waals surface area contributed by atoms with Crippen molar-refractivity contribution in [2.75, 3.05) is 0 Å². The van der Waals surface area contributed by atoms with Crippen molar-refractivity contribution in [1.29, 1.82) is 0 Å². The van der Waals surface area contributed by atoms with Crippen LogP contribution in [-0.4, -0.2) is 32.3 Å². The summed E-state index contributed by atoms with van der Waals surface area (Å²) in [6, 6.07) is 13.1. The van der Waals surface area contributed by atoms with Gasteiger partial charge >= 0.3 is 11.9 Å². The molecule has 144 valence electrons. The van der Waals surface area contributed by atoms with Crippen molar-refractivity contribution in [2.24, 2.45) is 0 Å². The molecule has 0 aliphatic heterocycles. The van der Waals surface area contributed by atoms with Gasteiger partial charge < -0.3 is 14.6 Å². The molecular formula is C22H14FNO5. The van der Waals surface area contributed by atoms with Crippen LogP contribution in [0.25, 0.3) is 16.4 Å². The smallest absolute Gasteiger partial charge is 0.338 e. The molecule has 0 aliphatic rings. The summed E-state index contributed by atoms with van der Waals surface area (Å²) in [7, 11) is 0. The lowest BCUT2D eigenvalue weighted by molar-refractivity contribution is 0.0652. The van der Waals surface area contributed by atoms with Gasteiger partial charge in [0.2, 0.25) is 5.78 Å². The van der Waals surface area contributed by atoms with Crippen LogP contribution in [0.2, 0.25) is 0 Å². The number of pyridine rings is 1. The SMILES string of the molecule is Cc1ccc2c(ccc3c(C(=O)O)c(C(=O)O)c(C(=O)c4ccc(F)cc4)n32)c1. The van der Waals surface area contributed by atoms with Crippen LogP contribution in [0.5, 0.6) is 0 Å². The number of carboxylic acid groups (broad SMARTS) is 2. The molecule has 0 atom stereocenters. The molecule has 0 aliphatic carbocycles. The zero-order valence-electron chi connectivity index (χ0n) is 15.1. The lowest BCUT2D eigenvalue weighted by Gasteiger charge is -2.09. The molecule has 0 radical (unpaired) electrons. The average Bonchev–Trinajstić information content (AvgIpc) is 3.03. The Hall–Kier alpha value is -4.00. The number of rotatable bonds is 4. The van der Waals surface area contributed by atoms with Crippen molar-refractivity contribution >= 4 is 34.1 Å². The Morgan fingerprint density at radius 3 is 2.07 bits per heavy atom. The Bertz CT molecular complexity index is 1340. The van der Waals surface area contributed by atoms with Crippen molar-refractivity contribution in [3.63, 3.8) is 0 Å². The van der Waals surface area contributed by atoms with Crippen LogP contribution in [0.1, 0.15) is 42.3 Å². The number of ketones is 1. The Labute approximate surface area is 163 Å². The van der Waals surface area contributed by atoms with E-state index in [2.05, 4.69) is 0 Å². The number of carboxylic acids is 2. The maximum absolute atomic E-state index is 13.3. The first-order valence-corrected chi connectivity index (χ1v) is 8.64. The fourth-order valence-corrected chi connectivity index (χ4v) is 3.56. The number of benzene rings is 2. The fourth-order valence-electron chi connectivity index (χ4n) is 3.56. The number of halogens is 1. The van der Waals surface area contributed by atoms with Crippen molar-refractivity contribution in [3.8, 4) is 0 Å². The molecule has 29 heavy (non-hydrogen) atoms. The number of nitrogens with zero attached hydrogens (tertiary/aromatic N) is 1. The minimum atomic E-state index is -1.53. The maximum atomic E-state index is 13.3. The number of hydrogen-bond donors (Lipinski definition) is 2. The van der Waals surface area contributed by atoms with E-state index in [1.165, 1.54) is 22.6 Å². The highest BCUT2D eigenvalue weighted by Gasteiger charge is 2.32. The summed E-state index contributed by atoms with van der Waals surface area (Å²) in [5.74, 6) is -4.24. The highest BCUT2D eigenvalue weighted by Crippen LogP contribution is 2.31. The molecule has 2 N–H and O–H groups in total. The molecule has 0 amide bonds. The molecule has 2 heterocycles. The molecular weight excluding hydrogens is 377 g/mol. The van der Waals surface area contributed by atoms with Crippen LogP contribution in [0.15, 0.2) is 54.6 Å². The number of fused-ring (bicyclic) bond motifs is 3. The lowest BCUT2D eigenvalue weighted by Crippen LogP contribution is -2.13. The average molecular weight is 391 g/mol. The Kier molecular flexibility index (Phi) is 4.15. The van der Waals surface area contributed by atoms with Crippen LogP contribution in [0.3, 0.4) is 0 Å². The molecule has 0 saturated carbocycles. The highest BCUT2D eigenvalue weighted by atomic mass is 19.1. The van der Waals surface area contributed by atoms with Gasteiger partial charge in [0.25, 0.3) is 0 Å². The van der Waals surface area contributed by atoms with Gasteiger partial charge in [-0.1, -0.05) is 17.7 Å². The third kappa shape index (κ3) is 2.84. The first-order valence-electron chi connectivity index (χ1n) is 8.64. The quantitative estimate of drug-likeness (QED) is 0.509. The molecule has 2 aromatic heterocycles. The zero-order valence-corrected chi connectivity index (χ0v) is 15.1. The molecule has 2 aromatic carbocycles. The largest absolute Gasteiger partial charge is 0.478 e. The summed E-state index contributed by atoms with van der Waals surface area (Å²) in [5, 5.41) is 20.2. The van der Waals surface area contributed by atoms with Crippen LogP contribution < -0.4 is 0 Å². The minimum absolute atomic E-state index is 0.0503.